The van der Waals surface area contributed by atoms with Gasteiger partial charge < -0.3 is 9.64 Å². The lowest BCUT2D eigenvalue weighted by Gasteiger charge is -2.21. The molecule has 2 rings (SSSR count). The molecule has 94 valence electrons. The fourth-order valence-corrected chi connectivity index (χ4v) is 2.20. The molecular formula is C14H21NO2. The van der Waals surface area contributed by atoms with Crippen LogP contribution in [0.4, 0.5) is 0 Å². The first-order chi connectivity index (χ1) is 8.16. The number of hydrogen-bond donors (Lipinski definition) is 0. The second-order valence-corrected chi connectivity index (χ2v) is 4.98. The predicted octanol–water partition coefficient (Wildman–Crippen LogP) is 2.35. The van der Waals surface area contributed by atoms with Crippen LogP contribution in [0, 0.1) is 11.8 Å². The number of carbonyl (C=O) groups excluding carboxylic acids is 1. The van der Waals surface area contributed by atoms with Crippen LogP contribution in [0.25, 0.3) is 0 Å². The van der Waals surface area contributed by atoms with Crippen molar-refractivity contribution in [3.63, 3.8) is 0 Å². The molecule has 1 amide bonds. The van der Waals surface area contributed by atoms with Crippen molar-refractivity contribution in [3.05, 3.63) is 24.0 Å². The third-order valence-corrected chi connectivity index (χ3v) is 3.62. The topological polar surface area (TPSA) is 29.5 Å². The van der Waals surface area contributed by atoms with Gasteiger partial charge in [0.25, 0.3) is 0 Å². The van der Waals surface area contributed by atoms with Crippen molar-refractivity contribution in [2.75, 3.05) is 19.7 Å². The molecule has 1 fully saturated rings. The minimum Gasteiger partial charge on any atom is -0.492 e. The summed E-state index contributed by atoms with van der Waals surface area (Å²) in [5.74, 6) is 2.33. The van der Waals surface area contributed by atoms with Gasteiger partial charge in [0.1, 0.15) is 12.4 Å². The largest absolute Gasteiger partial charge is 0.492 e. The summed E-state index contributed by atoms with van der Waals surface area (Å²) in [6, 6.07) is 0. The first kappa shape index (κ1) is 12.2. The number of nitrogens with zero attached hydrogens (tertiary/aromatic N) is 1. The van der Waals surface area contributed by atoms with Gasteiger partial charge in [-0.25, -0.2) is 0 Å². The van der Waals surface area contributed by atoms with Crippen molar-refractivity contribution in [3.8, 4) is 0 Å². The average Bonchev–Trinajstić information content (AvgIpc) is 2.70. The molecule has 17 heavy (non-hydrogen) atoms. The number of amides is 1. The van der Waals surface area contributed by atoms with Crippen LogP contribution in [0.15, 0.2) is 24.0 Å². The number of allylic oxidation sites excluding steroid dienone is 3. The molecular weight excluding hydrogens is 214 g/mol. The number of carbonyl (C=O) groups is 1. The molecule has 0 radical (unpaired) electrons. The van der Waals surface area contributed by atoms with Gasteiger partial charge in [-0.2, -0.15) is 0 Å². The van der Waals surface area contributed by atoms with E-state index < -0.39 is 0 Å². The van der Waals surface area contributed by atoms with E-state index >= 15 is 0 Å². The maximum Gasteiger partial charge on any atom is 0.222 e. The third-order valence-electron chi connectivity index (χ3n) is 3.62. The van der Waals surface area contributed by atoms with E-state index in [-0.39, 0.29) is 5.91 Å². The van der Waals surface area contributed by atoms with Gasteiger partial charge in [0.2, 0.25) is 5.91 Å². The maximum atomic E-state index is 11.4. The fourth-order valence-electron chi connectivity index (χ4n) is 2.20. The highest BCUT2D eigenvalue weighted by molar-refractivity contribution is 5.78. The van der Waals surface area contributed by atoms with Gasteiger partial charge in [0.15, 0.2) is 0 Å². The van der Waals surface area contributed by atoms with Gasteiger partial charge in [-0.1, -0.05) is 19.9 Å². The minimum atomic E-state index is 0.267. The number of hydrogen-bond acceptors (Lipinski definition) is 2. The summed E-state index contributed by atoms with van der Waals surface area (Å²) in [4.78, 5) is 13.3. The first-order valence-electron chi connectivity index (χ1n) is 6.47. The van der Waals surface area contributed by atoms with Gasteiger partial charge in [0, 0.05) is 13.0 Å². The molecule has 3 nitrogen and oxygen atoms in total. The van der Waals surface area contributed by atoms with Crippen molar-refractivity contribution in [2.45, 2.75) is 26.7 Å². The Morgan fingerprint density at radius 3 is 2.88 bits per heavy atom. The molecule has 0 saturated carbocycles. The summed E-state index contributed by atoms with van der Waals surface area (Å²) in [5.41, 5.74) is 0. The smallest absolute Gasteiger partial charge is 0.222 e. The summed E-state index contributed by atoms with van der Waals surface area (Å²) in [6.45, 7) is 6.61. The van der Waals surface area contributed by atoms with Crippen LogP contribution in [-0.2, 0) is 9.53 Å². The van der Waals surface area contributed by atoms with Crippen LogP contribution in [0.5, 0.6) is 0 Å². The highest BCUT2D eigenvalue weighted by Crippen LogP contribution is 2.22. The Kier molecular flexibility index (Phi) is 3.87. The molecule has 1 aliphatic carbocycles. The molecule has 1 heterocycles. The zero-order valence-corrected chi connectivity index (χ0v) is 10.7. The lowest BCUT2D eigenvalue weighted by atomic mass is 9.91. The lowest BCUT2D eigenvalue weighted by molar-refractivity contribution is -0.128. The van der Waals surface area contributed by atoms with Crippen molar-refractivity contribution in [2.24, 2.45) is 11.8 Å². The van der Waals surface area contributed by atoms with E-state index in [4.69, 9.17) is 4.74 Å². The van der Waals surface area contributed by atoms with E-state index in [1.165, 1.54) is 0 Å². The molecule has 1 saturated heterocycles. The molecule has 0 unspecified atom stereocenters. The third kappa shape index (κ3) is 3.11. The van der Waals surface area contributed by atoms with Gasteiger partial charge >= 0.3 is 0 Å². The van der Waals surface area contributed by atoms with Crippen LogP contribution < -0.4 is 0 Å². The van der Waals surface area contributed by atoms with Gasteiger partial charge in [0.05, 0.1) is 6.54 Å². The Bertz CT molecular complexity index is 346. The van der Waals surface area contributed by atoms with Crippen LogP contribution in [0.1, 0.15) is 26.7 Å². The molecule has 0 aromatic rings. The van der Waals surface area contributed by atoms with Gasteiger partial charge in [-0.3, -0.25) is 4.79 Å². The molecule has 0 aromatic heterocycles. The summed E-state index contributed by atoms with van der Waals surface area (Å²) in [5, 5.41) is 0. The van der Waals surface area contributed by atoms with Gasteiger partial charge in [-0.05, 0) is 30.4 Å². The van der Waals surface area contributed by atoms with Crippen LogP contribution in [0.2, 0.25) is 0 Å². The summed E-state index contributed by atoms with van der Waals surface area (Å²) < 4.78 is 5.69. The SMILES string of the molecule is C[C@@H]1C=C(OCCN2CCCC2=O)C=C[C@@H]1C. The van der Waals surface area contributed by atoms with E-state index in [1.807, 2.05) is 11.0 Å². The van der Waals surface area contributed by atoms with E-state index in [2.05, 4.69) is 26.0 Å². The maximum absolute atomic E-state index is 11.4. The minimum absolute atomic E-state index is 0.267. The number of likely N-dealkylation sites (tertiary alicyclic amines) is 1. The van der Waals surface area contributed by atoms with Crippen LogP contribution in [0.3, 0.4) is 0 Å². The summed E-state index contributed by atoms with van der Waals surface area (Å²) in [6.07, 6.45) is 8.08. The highest BCUT2D eigenvalue weighted by Gasteiger charge is 2.19. The molecule has 0 N–H and O–H groups in total. The van der Waals surface area contributed by atoms with E-state index in [9.17, 15) is 4.79 Å². The van der Waals surface area contributed by atoms with E-state index in [1.54, 1.807) is 0 Å². The van der Waals surface area contributed by atoms with Crippen LogP contribution in [-0.4, -0.2) is 30.5 Å². The normalized spacial score (nSPS) is 28.5. The zero-order valence-electron chi connectivity index (χ0n) is 10.7. The van der Waals surface area contributed by atoms with E-state index in [0.29, 0.717) is 31.4 Å². The first-order valence-corrected chi connectivity index (χ1v) is 6.47. The Hall–Kier alpha value is -1.25. The Morgan fingerprint density at radius 1 is 1.41 bits per heavy atom. The molecule has 2 aliphatic rings. The quantitative estimate of drug-likeness (QED) is 0.748. The van der Waals surface area contributed by atoms with Crippen molar-refractivity contribution in [1.82, 2.24) is 4.90 Å². The number of rotatable bonds is 4. The zero-order chi connectivity index (χ0) is 12.3. The Morgan fingerprint density at radius 2 is 2.24 bits per heavy atom. The second kappa shape index (κ2) is 5.39. The highest BCUT2D eigenvalue weighted by atomic mass is 16.5. The molecule has 0 spiro atoms. The summed E-state index contributed by atoms with van der Waals surface area (Å²) in [7, 11) is 0. The standard InChI is InChI=1S/C14H21NO2/c1-11-5-6-13(10-12(11)2)17-9-8-15-7-3-4-14(15)16/h5-6,10-12H,3-4,7-9H2,1-2H3/t11-,12+/m0/s1. The Labute approximate surface area is 103 Å². The second-order valence-electron chi connectivity index (χ2n) is 4.98. The fraction of sp³-hybridized carbons (Fsp3) is 0.643. The molecule has 2 atom stereocenters. The van der Waals surface area contributed by atoms with E-state index in [0.717, 1.165) is 18.7 Å². The van der Waals surface area contributed by atoms with Crippen molar-refractivity contribution < 1.29 is 9.53 Å². The Balaban J connectivity index is 1.74. The van der Waals surface area contributed by atoms with Crippen molar-refractivity contribution in [1.29, 1.82) is 0 Å². The average molecular weight is 235 g/mol. The monoisotopic (exact) mass is 235 g/mol. The summed E-state index contributed by atoms with van der Waals surface area (Å²) >= 11 is 0. The van der Waals surface area contributed by atoms with Crippen LogP contribution >= 0.6 is 0 Å². The molecule has 3 heteroatoms. The van der Waals surface area contributed by atoms with Crippen molar-refractivity contribution >= 4 is 5.91 Å². The molecule has 0 aromatic carbocycles. The van der Waals surface area contributed by atoms with Gasteiger partial charge in [-0.15, -0.1) is 0 Å². The molecule has 1 aliphatic heterocycles. The lowest BCUT2D eigenvalue weighted by Crippen LogP contribution is -2.28. The predicted molar refractivity (Wildman–Crippen MR) is 67.3 cm³/mol. The number of ether oxygens (including phenoxy) is 1. The molecule has 0 bridgehead atoms.